The van der Waals surface area contributed by atoms with Gasteiger partial charge in [-0.3, -0.25) is 0 Å². The lowest BCUT2D eigenvalue weighted by molar-refractivity contribution is 0.761. The van der Waals surface area contributed by atoms with Crippen LogP contribution in [0.5, 0.6) is 0 Å². The van der Waals surface area contributed by atoms with Crippen molar-refractivity contribution in [1.29, 1.82) is 0 Å². The zero-order valence-corrected chi connectivity index (χ0v) is 16.8. The molecule has 0 bridgehead atoms. The number of benzene rings is 2. The molecule has 0 aliphatic carbocycles. The van der Waals surface area contributed by atoms with Crippen molar-refractivity contribution in [2.75, 3.05) is 18.5 Å². The lowest BCUT2D eigenvalue weighted by atomic mass is 10.1. The number of unbranched alkanes of at least 4 members (excludes halogenated alkanes) is 1. The van der Waals surface area contributed by atoms with Gasteiger partial charge < -0.3 is 9.47 Å². The van der Waals surface area contributed by atoms with Gasteiger partial charge in [-0.15, -0.1) is 0 Å². The number of aryl methyl sites for hydroxylation is 1. The van der Waals surface area contributed by atoms with E-state index < -0.39 is 0 Å². The number of fused-ring (bicyclic) bond motifs is 1. The van der Waals surface area contributed by atoms with Crippen LogP contribution in [-0.4, -0.2) is 28.1 Å². The number of nitrogens with zero attached hydrogens (tertiary/aromatic N) is 4. The predicted molar refractivity (Wildman–Crippen MR) is 117 cm³/mol. The minimum atomic E-state index is 0.942. The van der Waals surface area contributed by atoms with Gasteiger partial charge in [0.25, 0.3) is 0 Å². The molecule has 0 atom stereocenters. The van der Waals surface area contributed by atoms with Crippen molar-refractivity contribution in [2.24, 2.45) is 0 Å². The van der Waals surface area contributed by atoms with Crippen molar-refractivity contribution in [3.63, 3.8) is 0 Å². The van der Waals surface area contributed by atoms with Crippen LogP contribution in [0.25, 0.3) is 27.8 Å². The van der Waals surface area contributed by atoms with Gasteiger partial charge in [-0.05, 0) is 36.6 Å². The van der Waals surface area contributed by atoms with Crippen LogP contribution in [0.1, 0.15) is 25.3 Å². The Morgan fingerprint density at radius 3 is 2.57 bits per heavy atom. The first-order valence-electron chi connectivity index (χ1n) is 9.88. The van der Waals surface area contributed by atoms with E-state index in [9.17, 15) is 0 Å². The van der Waals surface area contributed by atoms with Gasteiger partial charge in [-0.2, -0.15) is 0 Å². The second-order valence-corrected chi connectivity index (χ2v) is 7.29. The van der Waals surface area contributed by atoms with Crippen LogP contribution in [-0.2, 0) is 0 Å². The predicted octanol–water partition coefficient (Wildman–Crippen LogP) is 5.63. The molecule has 2 heterocycles. The normalized spacial score (nSPS) is 11.1. The highest BCUT2D eigenvalue weighted by Gasteiger charge is 2.19. The third-order valence-electron chi connectivity index (χ3n) is 5.14. The van der Waals surface area contributed by atoms with Crippen LogP contribution in [0, 0.1) is 6.92 Å². The number of anilines is 1. The van der Waals surface area contributed by atoms with Gasteiger partial charge in [0.1, 0.15) is 12.1 Å². The van der Waals surface area contributed by atoms with E-state index in [2.05, 4.69) is 95.1 Å². The molecular formula is C24H26N4. The average Bonchev–Trinajstić information content (AvgIpc) is 3.12. The summed E-state index contributed by atoms with van der Waals surface area (Å²) in [7, 11) is 2.12. The maximum atomic E-state index is 4.68. The van der Waals surface area contributed by atoms with E-state index in [1.165, 1.54) is 11.1 Å². The van der Waals surface area contributed by atoms with Crippen molar-refractivity contribution >= 4 is 16.9 Å². The van der Waals surface area contributed by atoms with E-state index >= 15 is 0 Å². The zero-order chi connectivity index (χ0) is 19.5. The molecule has 0 amide bonds. The average molecular weight is 371 g/mol. The van der Waals surface area contributed by atoms with Crippen LogP contribution in [0.4, 0.5) is 5.82 Å². The second-order valence-electron chi connectivity index (χ2n) is 7.29. The van der Waals surface area contributed by atoms with E-state index in [1.54, 1.807) is 6.33 Å². The molecule has 4 aromatic rings. The van der Waals surface area contributed by atoms with Crippen LogP contribution in [0.2, 0.25) is 0 Å². The Bertz CT molecular complexity index is 1080. The Hall–Kier alpha value is -3.14. The van der Waals surface area contributed by atoms with Crippen LogP contribution in [0.3, 0.4) is 0 Å². The molecule has 2 aromatic carbocycles. The Morgan fingerprint density at radius 2 is 1.82 bits per heavy atom. The van der Waals surface area contributed by atoms with E-state index in [0.717, 1.165) is 47.5 Å². The third-order valence-corrected chi connectivity index (χ3v) is 5.14. The van der Waals surface area contributed by atoms with Crippen molar-refractivity contribution in [1.82, 2.24) is 14.5 Å². The van der Waals surface area contributed by atoms with Crippen molar-refractivity contribution < 1.29 is 0 Å². The summed E-state index contributed by atoms with van der Waals surface area (Å²) in [6.07, 6.45) is 6.18. The molecule has 0 aliphatic rings. The minimum absolute atomic E-state index is 0.942. The molecule has 0 unspecified atom stereocenters. The zero-order valence-electron chi connectivity index (χ0n) is 16.8. The Morgan fingerprint density at radius 1 is 1.00 bits per heavy atom. The summed E-state index contributed by atoms with van der Waals surface area (Å²) < 4.78 is 2.18. The Kier molecular flexibility index (Phi) is 5.11. The quantitative estimate of drug-likeness (QED) is 0.441. The molecule has 28 heavy (non-hydrogen) atoms. The summed E-state index contributed by atoms with van der Waals surface area (Å²) in [5, 5.41) is 1.11. The third kappa shape index (κ3) is 3.38. The molecule has 142 valence electrons. The number of hydrogen-bond donors (Lipinski definition) is 0. The van der Waals surface area contributed by atoms with Gasteiger partial charge in [-0.1, -0.05) is 55.8 Å². The molecule has 0 saturated carbocycles. The van der Waals surface area contributed by atoms with E-state index in [0.29, 0.717) is 0 Å². The van der Waals surface area contributed by atoms with Gasteiger partial charge in [-0.25, -0.2) is 9.97 Å². The van der Waals surface area contributed by atoms with Crippen molar-refractivity contribution in [2.45, 2.75) is 26.7 Å². The lowest BCUT2D eigenvalue weighted by Crippen LogP contribution is -2.20. The highest BCUT2D eigenvalue weighted by molar-refractivity contribution is 6.02. The summed E-state index contributed by atoms with van der Waals surface area (Å²) in [5.74, 6) is 0.990. The second kappa shape index (κ2) is 7.85. The molecule has 0 radical (unpaired) electrons. The number of rotatable bonds is 6. The van der Waals surface area contributed by atoms with E-state index in [1.807, 2.05) is 6.07 Å². The van der Waals surface area contributed by atoms with Crippen LogP contribution in [0.15, 0.2) is 67.1 Å². The molecule has 2 aromatic heterocycles. The molecule has 4 nitrogen and oxygen atoms in total. The molecule has 0 spiro atoms. The van der Waals surface area contributed by atoms with Crippen LogP contribution < -0.4 is 4.90 Å². The fourth-order valence-corrected chi connectivity index (χ4v) is 3.65. The largest absolute Gasteiger partial charge is 0.359 e. The maximum Gasteiger partial charge on any atom is 0.150 e. The van der Waals surface area contributed by atoms with Crippen molar-refractivity contribution in [3.05, 3.63) is 72.7 Å². The highest BCUT2D eigenvalue weighted by atomic mass is 15.2. The molecule has 4 heteroatoms. The Balaban J connectivity index is 1.98. The maximum absolute atomic E-state index is 4.68. The summed E-state index contributed by atoms with van der Waals surface area (Å²) in [4.78, 5) is 11.6. The summed E-state index contributed by atoms with van der Waals surface area (Å²) in [6.45, 7) is 5.31. The summed E-state index contributed by atoms with van der Waals surface area (Å²) >= 11 is 0. The standard InChI is InChI=1S/C24H26N4/c1-4-5-14-27(3)23-22-21(19-11-7-6-8-12-19)16-28(24(22)26-17-25-23)20-13-9-10-18(2)15-20/h6-13,15-17H,4-5,14H2,1-3H3. The Labute approximate surface area is 166 Å². The number of aromatic nitrogens is 3. The summed E-state index contributed by atoms with van der Waals surface area (Å²) in [5.41, 5.74) is 5.63. The highest BCUT2D eigenvalue weighted by Crippen LogP contribution is 2.36. The smallest absolute Gasteiger partial charge is 0.150 e. The molecule has 0 fully saturated rings. The molecule has 0 N–H and O–H groups in total. The first kappa shape index (κ1) is 18.2. The van der Waals surface area contributed by atoms with Crippen LogP contribution >= 0.6 is 0 Å². The van der Waals surface area contributed by atoms with Gasteiger partial charge in [0.05, 0.1) is 5.39 Å². The first-order valence-corrected chi connectivity index (χ1v) is 9.88. The minimum Gasteiger partial charge on any atom is -0.359 e. The molecular weight excluding hydrogens is 344 g/mol. The monoisotopic (exact) mass is 370 g/mol. The lowest BCUT2D eigenvalue weighted by Gasteiger charge is -2.19. The fraction of sp³-hybridized carbons (Fsp3) is 0.250. The number of hydrogen-bond acceptors (Lipinski definition) is 3. The summed E-state index contributed by atoms with van der Waals surface area (Å²) in [6, 6.07) is 19.0. The molecule has 0 saturated heterocycles. The van der Waals surface area contributed by atoms with Gasteiger partial charge in [0, 0.05) is 31.0 Å². The SMILES string of the molecule is CCCCN(C)c1ncnc2c1c(-c1ccccc1)cn2-c1cccc(C)c1. The molecule has 0 aliphatic heterocycles. The van der Waals surface area contributed by atoms with Crippen molar-refractivity contribution in [3.8, 4) is 16.8 Å². The topological polar surface area (TPSA) is 34.0 Å². The molecule has 4 rings (SSSR count). The van der Waals surface area contributed by atoms with Gasteiger partial charge >= 0.3 is 0 Å². The first-order chi connectivity index (χ1) is 13.7. The fourth-order valence-electron chi connectivity index (χ4n) is 3.65. The van der Waals surface area contributed by atoms with Gasteiger partial charge in [0.15, 0.2) is 5.65 Å². The van der Waals surface area contributed by atoms with Gasteiger partial charge in [0.2, 0.25) is 0 Å². The van der Waals surface area contributed by atoms with E-state index in [4.69, 9.17) is 0 Å². The van der Waals surface area contributed by atoms with E-state index in [-0.39, 0.29) is 0 Å².